The van der Waals surface area contributed by atoms with Crippen molar-refractivity contribution in [2.75, 3.05) is 44.8 Å². The predicted octanol–water partition coefficient (Wildman–Crippen LogP) is 5.02. The number of rotatable bonds is 10. The van der Waals surface area contributed by atoms with Crippen molar-refractivity contribution in [3.8, 4) is 11.5 Å². The van der Waals surface area contributed by atoms with Gasteiger partial charge < -0.3 is 14.4 Å². The average Bonchev–Trinajstić information content (AvgIpc) is 3.21. The molecular formula is C23H28ClN3O3S. The van der Waals surface area contributed by atoms with Gasteiger partial charge in [-0.3, -0.25) is 9.69 Å². The number of methoxy groups -OCH3 is 1. The van der Waals surface area contributed by atoms with Crippen molar-refractivity contribution in [1.29, 1.82) is 0 Å². The summed E-state index contributed by atoms with van der Waals surface area (Å²) in [6.07, 6.45) is 0. The van der Waals surface area contributed by atoms with E-state index in [4.69, 9.17) is 26.1 Å². The number of aromatic nitrogens is 1. The van der Waals surface area contributed by atoms with E-state index in [-0.39, 0.29) is 12.5 Å². The van der Waals surface area contributed by atoms with Crippen molar-refractivity contribution in [1.82, 2.24) is 9.88 Å². The Bertz CT molecular complexity index is 1040. The fourth-order valence-electron chi connectivity index (χ4n) is 3.26. The fourth-order valence-corrected chi connectivity index (χ4v) is 4.56. The molecule has 0 aliphatic heterocycles. The Morgan fingerprint density at radius 3 is 2.61 bits per heavy atom. The summed E-state index contributed by atoms with van der Waals surface area (Å²) >= 11 is 7.78. The number of ether oxygens (including phenoxy) is 2. The van der Waals surface area contributed by atoms with Crippen LogP contribution in [-0.4, -0.2) is 55.7 Å². The molecule has 8 heteroatoms. The Labute approximate surface area is 192 Å². The molecule has 166 valence electrons. The van der Waals surface area contributed by atoms with Crippen molar-refractivity contribution in [2.45, 2.75) is 20.8 Å². The van der Waals surface area contributed by atoms with Crippen molar-refractivity contribution in [3.63, 3.8) is 0 Å². The maximum absolute atomic E-state index is 13.2. The number of thiazole rings is 1. The number of carbonyl (C=O) groups is 1. The molecule has 0 spiro atoms. The topological polar surface area (TPSA) is 54.9 Å². The standard InChI is InChI=1S/C23H28ClN3O3S/c1-5-26(6-2)12-13-27(20(28)15-30-17-9-7-8-16(3)14-17)23-25-21-19(29-4)11-10-18(24)22(21)31-23/h7-11,14H,5-6,12-13,15H2,1-4H3. The molecule has 2 aromatic carbocycles. The highest BCUT2D eigenvalue weighted by molar-refractivity contribution is 7.23. The molecule has 0 saturated heterocycles. The summed E-state index contributed by atoms with van der Waals surface area (Å²) in [5, 5.41) is 1.18. The van der Waals surface area contributed by atoms with Crippen LogP contribution in [0.2, 0.25) is 5.02 Å². The van der Waals surface area contributed by atoms with Crippen LogP contribution in [0.3, 0.4) is 0 Å². The van der Waals surface area contributed by atoms with Crippen molar-refractivity contribution >= 4 is 44.2 Å². The molecule has 6 nitrogen and oxygen atoms in total. The average molecular weight is 462 g/mol. The molecule has 0 bridgehead atoms. The largest absolute Gasteiger partial charge is 0.494 e. The quantitative estimate of drug-likeness (QED) is 0.424. The maximum Gasteiger partial charge on any atom is 0.266 e. The van der Waals surface area contributed by atoms with Crippen molar-refractivity contribution in [2.24, 2.45) is 0 Å². The first kappa shape index (κ1) is 23.3. The normalized spacial score (nSPS) is 11.2. The number of hydrogen-bond donors (Lipinski definition) is 0. The minimum absolute atomic E-state index is 0.0670. The zero-order valence-corrected chi connectivity index (χ0v) is 19.9. The zero-order chi connectivity index (χ0) is 22.4. The maximum atomic E-state index is 13.2. The Morgan fingerprint density at radius 2 is 1.94 bits per heavy atom. The number of aryl methyl sites for hydroxylation is 1. The molecule has 0 fully saturated rings. The predicted molar refractivity (Wildman–Crippen MR) is 128 cm³/mol. The van der Waals surface area contributed by atoms with Gasteiger partial charge in [0.25, 0.3) is 5.91 Å². The van der Waals surface area contributed by atoms with Gasteiger partial charge in [-0.25, -0.2) is 4.98 Å². The van der Waals surface area contributed by atoms with Gasteiger partial charge >= 0.3 is 0 Å². The van der Waals surface area contributed by atoms with E-state index in [0.717, 1.165) is 29.9 Å². The van der Waals surface area contributed by atoms with Crippen LogP contribution in [0.1, 0.15) is 19.4 Å². The molecular weight excluding hydrogens is 434 g/mol. The third-order valence-corrected chi connectivity index (χ3v) is 6.62. The van der Waals surface area contributed by atoms with E-state index >= 15 is 0 Å². The highest BCUT2D eigenvalue weighted by atomic mass is 35.5. The minimum Gasteiger partial charge on any atom is -0.494 e. The van der Waals surface area contributed by atoms with Crippen LogP contribution in [0.25, 0.3) is 10.2 Å². The molecule has 0 atom stereocenters. The summed E-state index contributed by atoms with van der Waals surface area (Å²) in [6, 6.07) is 11.2. The third-order valence-electron chi connectivity index (χ3n) is 5.09. The van der Waals surface area contributed by atoms with E-state index in [1.54, 1.807) is 24.1 Å². The van der Waals surface area contributed by atoms with Gasteiger partial charge in [0.2, 0.25) is 0 Å². The number of carbonyl (C=O) groups excluding carboxylic acids is 1. The van der Waals surface area contributed by atoms with E-state index in [9.17, 15) is 4.79 Å². The van der Waals surface area contributed by atoms with Gasteiger partial charge in [0.15, 0.2) is 11.7 Å². The molecule has 0 radical (unpaired) electrons. The number of amides is 1. The van der Waals surface area contributed by atoms with Crippen molar-refractivity contribution < 1.29 is 14.3 Å². The second-order valence-corrected chi connectivity index (χ2v) is 8.49. The number of hydrogen-bond acceptors (Lipinski definition) is 6. The summed E-state index contributed by atoms with van der Waals surface area (Å²) in [5.41, 5.74) is 1.74. The molecule has 1 aromatic heterocycles. The van der Waals surface area contributed by atoms with Gasteiger partial charge in [-0.1, -0.05) is 48.9 Å². The summed E-state index contributed by atoms with van der Waals surface area (Å²) in [7, 11) is 1.60. The summed E-state index contributed by atoms with van der Waals surface area (Å²) in [4.78, 5) is 21.9. The second kappa shape index (κ2) is 10.8. The molecule has 3 rings (SSSR count). The number of likely N-dealkylation sites (N-methyl/N-ethyl adjacent to an activating group) is 1. The Morgan fingerprint density at radius 1 is 1.16 bits per heavy atom. The van der Waals surface area contributed by atoms with Gasteiger partial charge in [0, 0.05) is 13.1 Å². The number of anilines is 1. The SMILES string of the molecule is CCN(CC)CCN(C(=O)COc1cccc(C)c1)c1nc2c(OC)ccc(Cl)c2s1. The molecule has 0 unspecified atom stereocenters. The van der Waals surface area contributed by atoms with E-state index < -0.39 is 0 Å². The molecule has 0 aliphatic carbocycles. The van der Waals surface area contributed by atoms with E-state index in [1.165, 1.54) is 11.3 Å². The van der Waals surface area contributed by atoms with E-state index in [2.05, 4.69) is 18.7 Å². The Balaban J connectivity index is 1.87. The number of nitrogens with zero attached hydrogens (tertiary/aromatic N) is 3. The van der Waals surface area contributed by atoms with Gasteiger partial charge in [0.05, 0.1) is 16.8 Å². The smallest absolute Gasteiger partial charge is 0.266 e. The first-order chi connectivity index (χ1) is 15.0. The van der Waals surface area contributed by atoms with E-state index in [1.807, 2.05) is 31.2 Å². The van der Waals surface area contributed by atoms with Gasteiger partial charge in [0.1, 0.15) is 17.0 Å². The Kier molecular flexibility index (Phi) is 8.12. The van der Waals surface area contributed by atoms with E-state index in [0.29, 0.717) is 33.7 Å². The monoisotopic (exact) mass is 461 g/mol. The lowest BCUT2D eigenvalue weighted by atomic mass is 10.2. The lowest BCUT2D eigenvalue weighted by molar-refractivity contribution is -0.120. The molecule has 0 aliphatic rings. The Hall–Kier alpha value is -2.35. The molecule has 1 amide bonds. The zero-order valence-electron chi connectivity index (χ0n) is 18.4. The van der Waals surface area contributed by atoms with Gasteiger partial charge in [-0.05, 0) is 49.8 Å². The van der Waals surface area contributed by atoms with Gasteiger partial charge in [-0.2, -0.15) is 0 Å². The highest BCUT2D eigenvalue weighted by Crippen LogP contribution is 2.38. The van der Waals surface area contributed by atoms with Crippen LogP contribution < -0.4 is 14.4 Å². The van der Waals surface area contributed by atoms with Crippen LogP contribution in [0.5, 0.6) is 11.5 Å². The number of halogens is 1. The lowest BCUT2D eigenvalue weighted by Crippen LogP contribution is -2.41. The molecule has 1 heterocycles. The lowest BCUT2D eigenvalue weighted by Gasteiger charge is -2.24. The first-order valence-electron chi connectivity index (χ1n) is 10.3. The summed E-state index contributed by atoms with van der Waals surface area (Å²) < 4.78 is 12.0. The molecule has 0 saturated carbocycles. The molecule has 3 aromatic rings. The number of benzene rings is 2. The molecule has 31 heavy (non-hydrogen) atoms. The summed E-state index contributed by atoms with van der Waals surface area (Å²) in [6.45, 7) is 9.22. The van der Waals surface area contributed by atoms with Crippen molar-refractivity contribution in [3.05, 3.63) is 47.0 Å². The van der Waals surface area contributed by atoms with Crippen LogP contribution >= 0.6 is 22.9 Å². The highest BCUT2D eigenvalue weighted by Gasteiger charge is 2.23. The number of fused-ring (bicyclic) bond motifs is 1. The second-order valence-electron chi connectivity index (χ2n) is 7.10. The van der Waals surface area contributed by atoms with Crippen LogP contribution in [0, 0.1) is 6.92 Å². The van der Waals surface area contributed by atoms with Gasteiger partial charge in [-0.15, -0.1) is 0 Å². The van der Waals surface area contributed by atoms with Crippen LogP contribution in [-0.2, 0) is 4.79 Å². The van der Waals surface area contributed by atoms with Crippen LogP contribution in [0.15, 0.2) is 36.4 Å². The van der Waals surface area contributed by atoms with Crippen LogP contribution in [0.4, 0.5) is 5.13 Å². The fraction of sp³-hybridized carbons (Fsp3) is 0.391. The molecule has 0 N–H and O–H groups in total. The third kappa shape index (κ3) is 5.67. The first-order valence-corrected chi connectivity index (χ1v) is 11.5. The minimum atomic E-state index is -0.150. The summed E-state index contributed by atoms with van der Waals surface area (Å²) in [5.74, 6) is 1.16.